The van der Waals surface area contributed by atoms with Crippen molar-refractivity contribution in [3.63, 3.8) is 0 Å². The van der Waals surface area contributed by atoms with Gasteiger partial charge in [-0.1, -0.05) is 51.3 Å². The lowest BCUT2D eigenvalue weighted by atomic mass is 10.0. The smallest absolute Gasteiger partial charge is 0.0346 e. The van der Waals surface area contributed by atoms with Crippen LogP contribution in [0.15, 0.2) is 24.4 Å². The summed E-state index contributed by atoms with van der Waals surface area (Å²) in [7, 11) is 0. The molecule has 17 heavy (non-hydrogen) atoms. The molecule has 0 aliphatic heterocycles. The Morgan fingerprint density at radius 1 is 0.941 bits per heavy atom. The monoisotopic (exact) mass is 237 g/mol. The molecule has 0 radical (unpaired) electrons. The summed E-state index contributed by atoms with van der Waals surface area (Å²) in [6, 6.07) is 0. The molecule has 0 fully saturated rings. The van der Waals surface area contributed by atoms with E-state index >= 15 is 0 Å². The molecule has 0 rings (SSSR count). The molecule has 0 saturated heterocycles. The van der Waals surface area contributed by atoms with E-state index in [4.69, 9.17) is 0 Å². The third kappa shape index (κ3) is 11.5. The van der Waals surface area contributed by atoms with Gasteiger partial charge in [0.1, 0.15) is 0 Å². The van der Waals surface area contributed by atoms with Crippen LogP contribution in [-0.4, -0.2) is 5.54 Å². The fourth-order valence-electron chi connectivity index (χ4n) is 1.66. The first-order valence-corrected chi connectivity index (χ1v) is 7.20. The van der Waals surface area contributed by atoms with Gasteiger partial charge in [0.2, 0.25) is 0 Å². The maximum atomic E-state index is 3.48. The first-order valence-electron chi connectivity index (χ1n) is 7.20. The summed E-state index contributed by atoms with van der Waals surface area (Å²) in [6.07, 6.45) is 17.7. The Bertz CT molecular complexity index is 214. The molecule has 1 N–H and O–H groups in total. The van der Waals surface area contributed by atoms with Crippen LogP contribution < -0.4 is 5.32 Å². The predicted molar refractivity (Wildman–Crippen MR) is 79.2 cm³/mol. The van der Waals surface area contributed by atoms with Gasteiger partial charge in [-0.25, -0.2) is 0 Å². The molecule has 0 atom stereocenters. The number of hydrogen-bond acceptors (Lipinski definition) is 1. The summed E-state index contributed by atoms with van der Waals surface area (Å²) in [6.45, 7) is 8.92. The fraction of sp³-hybridized carbons (Fsp3) is 0.750. The van der Waals surface area contributed by atoms with E-state index in [0.717, 1.165) is 12.8 Å². The molecule has 0 aliphatic rings. The van der Waals surface area contributed by atoms with Crippen molar-refractivity contribution in [1.29, 1.82) is 0 Å². The third-order valence-corrected chi connectivity index (χ3v) is 2.85. The van der Waals surface area contributed by atoms with Crippen molar-refractivity contribution in [1.82, 2.24) is 5.32 Å². The minimum atomic E-state index is 0.172. The largest absolute Gasteiger partial charge is 0.386 e. The van der Waals surface area contributed by atoms with Crippen LogP contribution in [0.4, 0.5) is 0 Å². The number of rotatable bonds is 10. The molecule has 0 amide bonds. The maximum absolute atomic E-state index is 3.48. The van der Waals surface area contributed by atoms with Crippen molar-refractivity contribution < 1.29 is 0 Å². The molecule has 0 aromatic carbocycles. The SMILES string of the molecule is CCC=CCC(C)(C)NC=CCCCCCC. The van der Waals surface area contributed by atoms with Gasteiger partial charge in [0, 0.05) is 5.54 Å². The Labute approximate surface area is 108 Å². The topological polar surface area (TPSA) is 12.0 Å². The highest BCUT2D eigenvalue weighted by Crippen LogP contribution is 2.09. The number of allylic oxidation sites excluding steroid dienone is 2. The standard InChI is InChI=1S/C16H31N/c1-5-7-9-10-11-13-15-17-16(3,4)14-12-8-6-2/h8,12-13,15,17H,5-7,9-11,14H2,1-4H3. The van der Waals surface area contributed by atoms with E-state index in [0.29, 0.717) is 0 Å². The number of unbranched alkanes of at least 4 members (excludes halogenated alkanes) is 4. The second-order valence-electron chi connectivity index (χ2n) is 5.36. The molecular formula is C16H31N. The van der Waals surface area contributed by atoms with Crippen LogP contribution >= 0.6 is 0 Å². The molecule has 100 valence electrons. The number of nitrogens with one attached hydrogen (secondary N) is 1. The molecule has 1 heteroatoms. The Kier molecular flexibility index (Phi) is 9.99. The van der Waals surface area contributed by atoms with E-state index in [1.807, 2.05) is 0 Å². The predicted octanol–water partition coefficient (Wildman–Crippen LogP) is 5.20. The molecule has 0 aromatic rings. The van der Waals surface area contributed by atoms with Gasteiger partial charge >= 0.3 is 0 Å². The Hall–Kier alpha value is -0.720. The average Bonchev–Trinajstić information content (AvgIpc) is 2.28. The zero-order valence-corrected chi connectivity index (χ0v) is 12.3. The molecule has 0 saturated carbocycles. The average molecular weight is 237 g/mol. The van der Waals surface area contributed by atoms with Crippen LogP contribution in [0.1, 0.15) is 72.6 Å². The lowest BCUT2D eigenvalue weighted by Gasteiger charge is -2.23. The minimum Gasteiger partial charge on any atom is -0.386 e. The van der Waals surface area contributed by atoms with Crippen molar-refractivity contribution in [2.45, 2.75) is 78.2 Å². The summed E-state index contributed by atoms with van der Waals surface area (Å²) in [5, 5.41) is 3.48. The van der Waals surface area contributed by atoms with E-state index in [9.17, 15) is 0 Å². The van der Waals surface area contributed by atoms with Crippen LogP contribution in [0, 0.1) is 0 Å². The van der Waals surface area contributed by atoms with E-state index in [2.05, 4.69) is 57.4 Å². The van der Waals surface area contributed by atoms with E-state index in [-0.39, 0.29) is 5.54 Å². The van der Waals surface area contributed by atoms with E-state index in [1.165, 1.54) is 32.1 Å². The van der Waals surface area contributed by atoms with Crippen molar-refractivity contribution in [2.75, 3.05) is 0 Å². The van der Waals surface area contributed by atoms with Crippen molar-refractivity contribution in [3.05, 3.63) is 24.4 Å². The summed E-state index contributed by atoms with van der Waals surface area (Å²) < 4.78 is 0. The summed E-state index contributed by atoms with van der Waals surface area (Å²) in [5.41, 5.74) is 0.172. The van der Waals surface area contributed by atoms with Gasteiger partial charge < -0.3 is 5.32 Å². The van der Waals surface area contributed by atoms with E-state index in [1.54, 1.807) is 0 Å². The molecule has 1 nitrogen and oxygen atoms in total. The molecule has 0 aliphatic carbocycles. The Morgan fingerprint density at radius 2 is 1.71 bits per heavy atom. The van der Waals surface area contributed by atoms with Gasteiger partial charge in [-0.2, -0.15) is 0 Å². The Balaban J connectivity index is 3.62. The van der Waals surface area contributed by atoms with Gasteiger partial charge in [0.15, 0.2) is 0 Å². The van der Waals surface area contributed by atoms with Gasteiger partial charge in [-0.05, 0) is 45.7 Å². The van der Waals surface area contributed by atoms with Crippen LogP contribution in [0.2, 0.25) is 0 Å². The van der Waals surface area contributed by atoms with Crippen molar-refractivity contribution in [2.24, 2.45) is 0 Å². The van der Waals surface area contributed by atoms with E-state index < -0.39 is 0 Å². The molecule has 0 aromatic heterocycles. The first kappa shape index (κ1) is 16.3. The van der Waals surface area contributed by atoms with Crippen LogP contribution in [0.5, 0.6) is 0 Å². The highest BCUT2D eigenvalue weighted by molar-refractivity contribution is 4.95. The third-order valence-electron chi connectivity index (χ3n) is 2.85. The fourth-order valence-corrected chi connectivity index (χ4v) is 1.66. The number of hydrogen-bond donors (Lipinski definition) is 1. The minimum absolute atomic E-state index is 0.172. The second-order valence-corrected chi connectivity index (χ2v) is 5.36. The molecular weight excluding hydrogens is 206 g/mol. The highest BCUT2D eigenvalue weighted by atomic mass is 14.9. The van der Waals surface area contributed by atoms with Crippen molar-refractivity contribution in [3.8, 4) is 0 Å². The zero-order chi connectivity index (χ0) is 13.0. The summed E-state index contributed by atoms with van der Waals surface area (Å²) >= 11 is 0. The Morgan fingerprint density at radius 3 is 2.35 bits per heavy atom. The van der Waals surface area contributed by atoms with Crippen LogP contribution in [0.3, 0.4) is 0 Å². The second kappa shape index (κ2) is 10.4. The van der Waals surface area contributed by atoms with Gasteiger partial charge in [-0.15, -0.1) is 0 Å². The normalized spacial score (nSPS) is 12.7. The maximum Gasteiger partial charge on any atom is 0.0346 e. The molecule has 0 heterocycles. The molecule has 0 spiro atoms. The zero-order valence-electron chi connectivity index (χ0n) is 12.3. The van der Waals surface area contributed by atoms with Gasteiger partial charge in [0.25, 0.3) is 0 Å². The summed E-state index contributed by atoms with van der Waals surface area (Å²) in [5.74, 6) is 0. The van der Waals surface area contributed by atoms with Gasteiger partial charge in [0.05, 0.1) is 0 Å². The first-order chi connectivity index (χ1) is 8.12. The van der Waals surface area contributed by atoms with Crippen LogP contribution in [-0.2, 0) is 0 Å². The lowest BCUT2D eigenvalue weighted by molar-refractivity contribution is 0.448. The molecule has 0 unspecified atom stereocenters. The highest BCUT2D eigenvalue weighted by Gasteiger charge is 2.11. The molecule has 0 bridgehead atoms. The van der Waals surface area contributed by atoms with Crippen LogP contribution in [0.25, 0.3) is 0 Å². The lowest BCUT2D eigenvalue weighted by Crippen LogP contribution is -2.34. The van der Waals surface area contributed by atoms with Crippen molar-refractivity contribution >= 4 is 0 Å². The summed E-state index contributed by atoms with van der Waals surface area (Å²) in [4.78, 5) is 0. The quantitative estimate of drug-likeness (QED) is 0.407. The van der Waals surface area contributed by atoms with Gasteiger partial charge in [-0.3, -0.25) is 0 Å².